The van der Waals surface area contributed by atoms with Gasteiger partial charge in [0.2, 0.25) is 5.91 Å². The van der Waals surface area contributed by atoms with Crippen LogP contribution in [0.4, 0.5) is 0 Å². The van der Waals surface area contributed by atoms with Crippen molar-refractivity contribution in [1.29, 1.82) is 0 Å². The third-order valence-electron chi connectivity index (χ3n) is 4.60. The van der Waals surface area contributed by atoms with Gasteiger partial charge in [-0.15, -0.1) is 0 Å². The quantitative estimate of drug-likeness (QED) is 0.911. The van der Waals surface area contributed by atoms with E-state index in [1.54, 1.807) is 0 Å². The number of benzene rings is 1. The van der Waals surface area contributed by atoms with E-state index >= 15 is 0 Å². The van der Waals surface area contributed by atoms with Crippen molar-refractivity contribution in [3.05, 3.63) is 52.8 Å². The Morgan fingerprint density at radius 3 is 3.09 bits per heavy atom. The van der Waals surface area contributed by atoms with Crippen molar-refractivity contribution >= 4 is 5.91 Å². The molecule has 2 aromatic rings. The smallest absolute Gasteiger partial charge is 0.220 e. The molecule has 4 nitrogen and oxygen atoms in total. The number of H-pyrrole nitrogens is 1. The average molecular weight is 297 g/mol. The second-order valence-electron chi connectivity index (χ2n) is 6.34. The number of hydrogen-bond acceptors (Lipinski definition) is 2. The zero-order valence-corrected chi connectivity index (χ0v) is 13.2. The average Bonchev–Trinajstić information content (AvgIpc) is 2.95. The van der Waals surface area contributed by atoms with E-state index in [-0.39, 0.29) is 17.9 Å². The number of nitrogens with one attached hydrogen (secondary N) is 2. The third kappa shape index (κ3) is 3.21. The molecular weight excluding hydrogens is 274 g/mol. The first kappa shape index (κ1) is 14.8. The van der Waals surface area contributed by atoms with Gasteiger partial charge in [0.15, 0.2) is 0 Å². The molecule has 1 amide bonds. The van der Waals surface area contributed by atoms with Gasteiger partial charge in [0, 0.05) is 24.6 Å². The largest absolute Gasteiger partial charge is 0.353 e. The Morgan fingerprint density at radius 1 is 1.45 bits per heavy atom. The number of hydrogen-bond donors (Lipinski definition) is 2. The fraction of sp³-hybridized carbons (Fsp3) is 0.444. The van der Waals surface area contributed by atoms with Gasteiger partial charge in [0.1, 0.15) is 0 Å². The van der Waals surface area contributed by atoms with Gasteiger partial charge in [-0.05, 0) is 42.4 Å². The molecule has 1 aromatic carbocycles. The number of carbonyl (C=O) groups excluding carboxylic acids is 1. The summed E-state index contributed by atoms with van der Waals surface area (Å²) in [7, 11) is 0. The van der Waals surface area contributed by atoms with Crippen molar-refractivity contribution in [2.75, 3.05) is 0 Å². The lowest BCUT2D eigenvalue weighted by molar-refractivity contribution is -0.122. The summed E-state index contributed by atoms with van der Waals surface area (Å²) in [6.45, 7) is 4.22. The molecule has 2 unspecified atom stereocenters. The van der Waals surface area contributed by atoms with Crippen LogP contribution in [0.15, 0.2) is 30.5 Å². The van der Waals surface area contributed by atoms with E-state index in [1.807, 2.05) is 18.3 Å². The minimum absolute atomic E-state index is 0.142. The van der Waals surface area contributed by atoms with Crippen molar-refractivity contribution in [1.82, 2.24) is 15.5 Å². The van der Waals surface area contributed by atoms with E-state index < -0.39 is 0 Å². The Morgan fingerprint density at radius 2 is 2.27 bits per heavy atom. The topological polar surface area (TPSA) is 57.8 Å². The van der Waals surface area contributed by atoms with E-state index in [2.05, 4.69) is 41.5 Å². The highest BCUT2D eigenvalue weighted by molar-refractivity contribution is 5.77. The molecule has 2 N–H and O–H groups in total. The third-order valence-corrected chi connectivity index (χ3v) is 4.60. The maximum Gasteiger partial charge on any atom is 0.220 e. The lowest BCUT2D eigenvalue weighted by atomic mass is 9.91. The Kier molecular flexibility index (Phi) is 4.27. The van der Waals surface area contributed by atoms with Gasteiger partial charge >= 0.3 is 0 Å². The lowest BCUT2D eigenvalue weighted by Gasteiger charge is -2.23. The van der Waals surface area contributed by atoms with Crippen LogP contribution in [-0.2, 0) is 17.6 Å². The predicted molar refractivity (Wildman–Crippen MR) is 86.8 cm³/mol. The van der Waals surface area contributed by atoms with Gasteiger partial charge in [-0.3, -0.25) is 9.89 Å². The number of aryl methyl sites for hydroxylation is 2. The van der Waals surface area contributed by atoms with Crippen molar-refractivity contribution in [3.8, 4) is 0 Å². The Hall–Kier alpha value is -2.10. The molecule has 0 spiro atoms. The predicted octanol–water partition coefficient (Wildman–Crippen LogP) is 2.89. The van der Waals surface area contributed by atoms with Crippen molar-refractivity contribution in [3.63, 3.8) is 0 Å². The Labute approximate surface area is 131 Å². The second kappa shape index (κ2) is 6.34. The van der Waals surface area contributed by atoms with Gasteiger partial charge in [0.05, 0.1) is 6.20 Å². The molecule has 0 radical (unpaired) electrons. The molecule has 0 fully saturated rings. The molecule has 0 saturated carbocycles. The van der Waals surface area contributed by atoms with Gasteiger partial charge in [0.25, 0.3) is 0 Å². The van der Waals surface area contributed by atoms with Crippen LogP contribution in [0, 0.1) is 6.92 Å². The molecule has 3 rings (SSSR count). The summed E-state index contributed by atoms with van der Waals surface area (Å²) in [5.74, 6) is 0.385. The normalized spacial score (nSPS) is 18.5. The molecule has 22 heavy (non-hydrogen) atoms. The molecular formula is C18H23N3O. The number of aromatic nitrogens is 2. The standard InChI is InChI=1S/C18H23N3O/c1-12-5-3-4-6-16(12)13(2)9-18(22)20-15-8-7-14-11-19-21-17(14)10-15/h3-6,11,13,15H,7-10H2,1-2H3,(H,19,21)(H,20,22). The van der Waals surface area contributed by atoms with Crippen LogP contribution >= 0.6 is 0 Å². The molecule has 1 heterocycles. The summed E-state index contributed by atoms with van der Waals surface area (Å²) in [6, 6.07) is 8.52. The van der Waals surface area contributed by atoms with Gasteiger partial charge in [-0.1, -0.05) is 31.2 Å². The Balaban J connectivity index is 1.56. The molecule has 1 aliphatic rings. The van der Waals surface area contributed by atoms with Crippen LogP contribution in [0.1, 0.15) is 48.1 Å². The maximum absolute atomic E-state index is 12.3. The summed E-state index contributed by atoms with van der Waals surface area (Å²) >= 11 is 0. The molecule has 1 aromatic heterocycles. The van der Waals surface area contributed by atoms with Crippen molar-refractivity contribution in [2.24, 2.45) is 0 Å². The summed E-state index contributed by atoms with van der Waals surface area (Å²) in [5, 5.41) is 10.3. The molecule has 4 heteroatoms. The number of aromatic amines is 1. The first-order chi connectivity index (χ1) is 10.6. The zero-order chi connectivity index (χ0) is 15.5. The molecule has 116 valence electrons. The minimum atomic E-state index is 0.142. The summed E-state index contributed by atoms with van der Waals surface area (Å²) < 4.78 is 0. The minimum Gasteiger partial charge on any atom is -0.353 e. The van der Waals surface area contributed by atoms with Gasteiger partial charge < -0.3 is 5.32 Å². The summed E-state index contributed by atoms with van der Waals surface area (Å²) in [5.41, 5.74) is 4.97. The van der Waals surface area contributed by atoms with Crippen LogP contribution in [0.2, 0.25) is 0 Å². The fourth-order valence-corrected chi connectivity index (χ4v) is 3.35. The molecule has 0 aliphatic heterocycles. The van der Waals surface area contributed by atoms with Crippen molar-refractivity contribution in [2.45, 2.75) is 51.5 Å². The highest BCUT2D eigenvalue weighted by atomic mass is 16.1. The number of rotatable bonds is 4. The molecule has 0 saturated heterocycles. The van der Waals surface area contributed by atoms with Crippen LogP contribution in [0.25, 0.3) is 0 Å². The van der Waals surface area contributed by atoms with Crippen LogP contribution in [0.3, 0.4) is 0 Å². The summed E-state index contributed by atoms with van der Waals surface area (Å²) in [6.07, 6.45) is 5.28. The van der Waals surface area contributed by atoms with Crippen LogP contribution in [0.5, 0.6) is 0 Å². The first-order valence-electron chi connectivity index (χ1n) is 7.99. The number of carbonyl (C=O) groups is 1. The number of nitrogens with zero attached hydrogens (tertiary/aromatic N) is 1. The van der Waals surface area contributed by atoms with E-state index in [0.29, 0.717) is 6.42 Å². The van der Waals surface area contributed by atoms with Crippen LogP contribution < -0.4 is 5.32 Å². The zero-order valence-electron chi connectivity index (χ0n) is 13.2. The number of fused-ring (bicyclic) bond motifs is 1. The van der Waals surface area contributed by atoms with E-state index in [1.165, 1.54) is 22.4 Å². The number of amides is 1. The molecule has 1 aliphatic carbocycles. The van der Waals surface area contributed by atoms with Gasteiger partial charge in [-0.25, -0.2) is 0 Å². The first-order valence-corrected chi connectivity index (χ1v) is 7.99. The van der Waals surface area contributed by atoms with Gasteiger partial charge in [-0.2, -0.15) is 5.10 Å². The highest BCUT2D eigenvalue weighted by Gasteiger charge is 2.22. The van der Waals surface area contributed by atoms with Crippen LogP contribution in [-0.4, -0.2) is 22.1 Å². The monoisotopic (exact) mass is 297 g/mol. The fourth-order valence-electron chi connectivity index (χ4n) is 3.35. The molecule has 2 atom stereocenters. The molecule has 0 bridgehead atoms. The maximum atomic E-state index is 12.3. The highest BCUT2D eigenvalue weighted by Crippen LogP contribution is 2.23. The van der Waals surface area contributed by atoms with E-state index in [4.69, 9.17) is 0 Å². The summed E-state index contributed by atoms with van der Waals surface area (Å²) in [4.78, 5) is 12.3. The van der Waals surface area contributed by atoms with E-state index in [9.17, 15) is 4.79 Å². The SMILES string of the molecule is Cc1ccccc1C(C)CC(=O)NC1CCc2cn[nH]c2C1. The second-order valence-corrected chi connectivity index (χ2v) is 6.34. The van der Waals surface area contributed by atoms with E-state index in [0.717, 1.165) is 19.3 Å². The Bertz CT molecular complexity index is 662. The lowest BCUT2D eigenvalue weighted by Crippen LogP contribution is -2.39. The van der Waals surface area contributed by atoms with Crippen molar-refractivity contribution < 1.29 is 4.79 Å².